The quantitative estimate of drug-likeness (QED) is 0.824. The lowest BCUT2D eigenvalue weighted by atomic mass is 10.1. The average molecular weight is 389 g/mol. The van der Waals surface area contributed by atoms with Gasteiger partial charge in [-0.1, -0.05) is 28.9 Å². The Bertz CT molecular complexity index is 780. The van der Waals surface area contributed by atoms with Gasteiger partial charge in [0.2, 0.25) is 5.91 Å². The maximum absolute atomic E-state index is 12.2. The van der Waals surface area contributed by atoms with Crippen molar-refractivity contribution in [3.8, 4) is 11.3 Å². The molecular formula is C20H25ClN4O2. The van der Waals surface area contributed by atoms with Crippen LogP contribution in [0.25, 0.3) is 11.3 Å². The SMILES string of the molecule is CC(C(=O)NC1CC1)N1CCN(Cc2cc(-c3ccc(Cl)cc3)no2)CC1. The third kappa shape index (κ3) is 4.69. The summed E-state index contributed by atoms with van der Waals surface area (Å²) in [7, 11) is 0. The molecule has 2 fully saturated rings. The molecule has 2 aliphatic rings. The van der Waals surface area contributed by atoms with E-state index in [2.05, 4.69) is 20.3 Å². The number of aromatic nitrogens is 1. The van der Waals surface area contributed by atoms with Crippen LogP contribution in [0, 0.1) is 0 Å². The lowest BCUT2D eigenvalue weighted by Crippen LogP contribution is -2.53. The molecule has 7 heteroatoms. The topological polar surface area (TPSA) is 61.6 Å². The second-order valence-electron chi connectivity index (χ2n) is 7.46. The molecule has 1 N–H and O–H groups in total. The van der Waals surface area contributed by atoms with Crippen LogP contribution in [-0.4, -0.2) is 59.1 Å². The molecule has 1 saturated carbocycles. The highest BCUT2D eigenvalue weighted by Crippen LogP contribution is 2.22. The first-order valence-corrected chi connectivity index (χ1v) is 9.94. The summed E-state index contributed by atoms with van der Waals surface area (Å²) in [5.41, 5.74) is 1.82. The molecule has 1 saturated heterocycles. The van der Waals surface area contributed by atoms with E-state index >= 15 is 0 Å². The zero-order chi connectivity index (χ0) is 18.8. The second kappa shape index (κ2) is 8.00. The second-order valence-corrected chi connectivity index (χ2v) is 7.89. The minimum Gasteiger partial charge on any atom is -0.359 e. The Kier molecular flexibility index (Phi) is 5.48. The van der Waals surface area contributed by atoms with Gasteiger partial charge in [0.05, 0.1) is 12.6 Å². The summed E-state index contributed by atoms with van der Waals surface area (Å²) >= 11 is 5.93. The van der Waals surface area contributed by atoms with E-state index in [1.165, 1.54) is 0 Å². The summed E-state index contributed by atoms with van der Waals surface area (Å²) in [5.74, 6) is 1.02. The molecule has 1 aliphatic heterocycles. The van der Waals surface area contributed by atoms with Gasteiger partial charge in [-0.3, -0.25) is 14.6 Å². The molecule has 1 unspecified atom stereocenters. The van der Waals surface area contributed by atoms with E-state index in [1.807, 2.05) is 37.3 Å². The van der Waals surface area contributed by atoms with Gasteiger partial charge in [0.1, 0.15) is 5.69 Å². The number of benzene rings is 1. The van der Waals surface area contributed by atoms with Crippen molar-refractivity contribution in [1.82, 2.24) is 20.3 Å². The summed E-state index contributed by atoms with van der Waals surface area (Å²) in [4.78, 5) is 16.8. The highest BCUT2D eigenvalue weighted by Gasteiger charge is 2.30. The third-order valence-corrected chi connectivity index (χ3v) is 5.59. The number of rotatable bonds is 6. The monoisotopic (exact) mass is 388 g/mol. The number of amides is 1. The van der Waals surface area contributed by atoms with E-state index in [0.29, 0.717) is 11.1 Å². The summed E-state index contributed by atoms with van der Waals surface area (Å²) in [6.45, 7) is 6.34. The fourth-order valence-electron chi connectivity index (χ4n) is 3.39. The van der Waals surface area contributed by atoms with Crippen LogP contribution >= 0.6 is 11.6 Å². The maximum Gasteiger partial charge on any atom is 0.237 e. The molecular weight excluding hydrogens is 364 g/mol. The number of nitrogens with one attached hydrogen (secondary N) is 1. The number of carbonyl (C=O) groups excluding carboxylic acids is 1. The van der Waals surface area contributed by atoms with Crippen molar-refractivity contribution in [2.24, 2.45) is 0 Å². The van der Waals surface area contributed by atoms with E-state index in [-0.39, 0.29) is 11.9 Å². The van der Waals surface area contributed by atoms with Gasteiger partial charge in [0, 0.05) is 48.9 Å². The number of hydrogen-bond donors (Lipinski definition) is 1. The Balaban J connectivity index is 1.28. The molecule has 0 bridgehead atoms. The van der Waals surface area contributed by atoms with E-state index in [1.54, 1.807) is 0 Å². The Morgan fingerprint density at radius 3 is 2.63 bits per heavy atom. The molecule has 27 heavy (non-hydrogen) atoms. The summed E-state index contributed by atoms with van der Waals surface area (Å²) in [6, 6.07) is 9.93. The lowest BCUT2D eigenvalue weighted by molar-refractivity contribution is -0.126. The van der Waals surface area contributed by atoms with Crippen LogP contribution in [0.2, 0.25) is 5.02 Å². The van der Waals surface area contributed by atoms with Gasteiger partial charge in [-0.05, 0) is 31.9 Å². The van der Waals surface area contributed by atoms with Crippen LogP contribution in [0.3, 0.4) is 0 Å². The zero-order valence-electron chi connectivity index (χ0n) is 15.5. The number of piperazine rings is 1. The van der Waals surface area contributed by atoms with Crippen LogP contribution in [0.4, 0.5) is 0 Å². The van der Waals surface area contributed by atoms with Crippen LogP contribution < -0.4 is 5.32 Å². The molecule has 2 heterocycles. The Hall–Kier alpha value is -1.89. The largest absolute Gasteiger partial charge is 0.359 e. The highest BCUT2D eigenvalue weighted by atomic mass is 35.5. The van der Waals surface area contributed by atoms with Crippen molar-refractivity contribution in [2.75, 3.05) is 26.2 Å². The van der Waals surface area contributed by atoms with Gasteiger partial charge < -0.3 is 9.84 Å². The standard InChI is InChI=1S/C20H25ClN4O2/c1-14(20(26)22-17-6-7-17)25-10-8-24(9-11-25)13-18-12-19(23-27-18)15-2-4-16(21)5-3-15/h2-5,12,14,17H,6-11,13H2,1H3,(H,22,26). The molecule has 1 aromatic carbocycles. The predicted octanol–water partition coefficient (Wildman–Crippen LogP) is 2.78. The average Bonchev–Trinajstić information content (AvgIpc) is 3.37. The van der Waals surface area contributed by atoms with Crippen molar-refractivity contribution >= 4 is 17.5 Å². The van der Waals surface area contributed by atoms with Gasteiger partial charge >= 0.3 is 0 Å². The van der Waals surface area contributed by atoms with Crippen LogP contribution in [0.15, 0.2) is 34.9 Å². The molecule has 1 aliphatic carbocycles. The molecule has 1 atom stereocenters. The van der Waals surface area contributed by atoms with Crippen molar-refractivity contribution in [2.45, 2.75) is 38.4 Å². The molecule has 2 aromatic rings. The maximum atomic E-state index is 12.2. The Morgan fingerprint density at radius 1 is 1.26 bits per heavy atom. The first-order valence-electron chi connectivity index (χ1n) is 9.57. The number of hydrogen-bond acceptors (Lipinski definition) is 5. The molecule has 0 spiro atoms. The summed E-state index contributed by atoms with van der Waals surface area (Å²) in [5, 5.41) is 7.98. The number of halogens is 1. The molecule has 4 rings (SSSR count). The van der Waals surface area contributed by atoms with Gasteiger partial charge in [0.15, 0.2) is 5.76 Å². The molecule has 144 valence electrons. The van der Waals surface area contributed by atoms with E-state index in [9.17, 15) is 4.79 Å². The Morgan fingerprint density at radius 2 is 1.96 bits per heavy atom. The lowest BCUT2D eigenvalue weighted by Gasteiger charge is -2.37. The van der Waals surface area contributed by atoms with Gasteiger partial charge in [0.25, 0.3) is 0 Å². The Labute approximate surface area is 164 Å². The minimum atomic E-state index is -0.0606. The van der Waals surface area contributed by atoms with Crippen molar-refractivity contribution in [3.63, 3.8) is 0 Å². The van der Waals surface area contributed by atoms with Crippen molar-refractivity contribution in [3.05, 3.63) is 41.1 Å². The van der Waals surface area contributed by atoms with Crippen LogP contribution in [-0.2, 0) is 11.3 Å². The van der Waals surface area contributed by atoms with Gasteiger partial charge in [-0.2, -0.15) is 0 Å². The van der Waals surface area contributed by atoms with Gasteiger partial charge in [-0.25, -0.2) is 0 Å². The smallest absolute Gasteiger partial charge is 0.237 e. The van der Waals surface area contributed by atoms with Crippen LogP contribution in [0.5, 0.6) is 0 Å². The third-order valence-electron chi connectivity index (χ3n) is 5.34. The van der Waals surface area contributed by atoms with E-state index in [0.717, 1.165) is 62.6 Å². The highest BCUT2D eigenvalue weighted by molar-refractivity contribution is 6.30. The summed E-state index contributed by atoms with van der Waals surface area (Å²) < 4.78 is 5.51. The zero-order valence-corrected chi connectivity index (χ0v) is 16.3. The minimum absolute atomic E-state index is 0.0606. The molecule has 1 aromatic heterocycles. The number of nitrogens with zero attached hydrogens (tertiary/aromatic N) is 3. The van der Waals surface area contributed by atoms with Gasteiger partial charge in [-0.15, -0.1) is 0 Å². The van der Waals surface area contributed by atoms with Crippen molar-refractivity contribution in [1.29, 1.82) is 0 Å². The molecule has 6 nitrogen and oxygen atoms in total. The molecule has 1 amide bonds. The fraction of sp³-hybridized carbons (Fsp3) is 0.500. The first kappa shape index (κ1) is 18.5. The van der Waals surface area contributed by atoms with Crippen molar-refractivity contribution < 1.29 is 9.32 Å². The number of carbonyl (C=O) groups is 1. The van der Waals surface area contributed by atoms with E-state index in [4.69, 9.17) is 16.1 Å². The molecule has 0 radical (unpaired) electrons. The van der Waals surface area contributed by atoms with Crippen LogP contribution in [0.1, 0.15) is 25.5 Å². The normalized spacial score (nSPS) is 19.8. The summed E-state index contributed by atoms with van der Waals surface area (Å²) in [6.07, 6.45) is 2.25. The predicted molar refractivity (Wildman–Crippen MR) is 104 cm³/mol. The fourth-order valence-corrected chi connectivity index (χ4v) is 3.51. The first-order chi connectivity index (χ1) is 13.1. The van der Waals surface area contributed by atoms with E-state index < -0.39 is 0 Å².